The van der Waals surface area contributed by atoms with Gasteiger partial charge in [-0.05, 0) is 47.5 Å². The minimum Gasteiger partial charge on any atom is -0.485 e. The van der Waals surface area contributed by atoms with Crippen molar-refractivity contribution in [1.29, 1.82) is 0 Å². The molecule has 8 rings (SSSR count). The molecule has 0 fully saturated rings. The summed E-state index contributed by atoms with van der Waals surface area (Å²) in [5.74, 6) is 3.27. The number of ether oxygens (including phenoxy) is 1. The fraction of sp³-hybridized carbons (Fsp3) is 0.172. The predicted molar refractivity (Wildman–Crippen MR) is 151 cm³/mol. The molecule has 1 aliphatic rings. The van der Waals surface area contributed by atoms with E-state index in [1.807, 2.05) is 6.92 Å². The van der Waals surface area contributed by atoms with Gasteiger partial charge < -0.3 is 14.7 Å². The molecule has 0 unspecified atom stereocenters. The van der Waals surface area contributed by atoms with Crippen molar-refractivity contribution < 1.29 is 4.74 Å². The number of aryl methyl sites for hydroxylation is 1. The molecule has 2 N–H and O–H groups in total. The second-order valence-corrected chi connectivity index (χ2v) is 11.8. The van der Waals surface area contributed by atoms with Gasteiger partial charge in [0.1, 0.15) is 24.0 Å². The Morgan fingerprint density at radius 1 is 0.944 bits per heavy atom. The van der Waals surface area contributed by atoms with Crippen molar-refractivity contribution in [3.8, 4) is 27.4 Å². The molecule has 176 valence electrons. The third-order valence-electron chi connectivity index (χ3n) is 7.16. The SMILES string of the molecule is Cc1nc2c([nH]1)COc1c-2ccc2cc(-c3ccc4c(c3)c3sccc3c3nc(C(C)C)[nH]c43)sc12. The van der Waals surface area contributed by atoms with Gasteiger partial charge in [0.25, 0.3) is 0 Å². The molecule has 7 aromatic rings. The Balaban J connectivity index is 1.33. The van der Waals surface area contributed by atoms with Gasteiger partial charge in [-0.15, -0.1) is 22.7 Å². The van der Waals surface area contributed by atoms with Crippen molar-refractivity contribution in [1.82, 2.24) is 19.9 Å². The van der Waals surface area contributed by atoms with Crippen molar-refractivity contribution >= 4 is 64.7 Å². The van der Waals surface area contributed by atoms with Gasteiger partial charge in [0.2, 0.25) is 0 Å². The van der Waals surface area contributed by atoms with E-state index in [2.05, 4.69) is 71.7 Å². The second kappa shape index (κ2) is 7.18. The summed E-state index contributed by atoms with van der Waals surface area (Å²) in [5.41, 5.74) is 6.58. The molecule has 0 saturated heterocycles. The number of benzene rings is 3. The summed E-state index contributed by atoms with van der Waals surface area (Å²) in [6.07, 6.45) is 0. The molecule has 36 heavy (non-hydrogen) atoms. The van der Waals surface area contributed by atoms with Crippen LogP contribution >= 0.6 is 22.7 Å². The molecular formula is C29H22N4OS2. The molecule has 0 radical (unpaired) electrons. The fourth-order valence-corrected chi connectivity index (χ4v) is 7.51. The molecule has 0 spiro atoms. The molecule has 0 atom stereocenters. The van der Waals surface area contributed by atoms with Crippen LogP contribution in [0.2, 0.25) is 0 Å². The fourth-order valence-electron chi connectivity index (χ4n) is 5.42. The van der Waals surface area contributed by atoms with Gasteiger partial charge >= 0.3 is 0 Å². The second-order valence-electron chi connectivity index (χ2n) is 9.83. The minimum atomic E-state index is 0.355. The Bertz CT molecular complexity index is 2000. The van der Waals surface area contributed by atoms with Crippen LogP contribution in [-0.4, -0.2) is 19.9 Å². The Kier molecular flexibility index (Phi) is 4.09. The summed E-state index contributed by atoms with van der Waals surface area (Å²) in [5, 5.41) is 7.11. The topological polar surface area (TPSA) is 66.6 Å². The monoisotopic (exact) mass is 506 g/mol. The molecule has 0 amide bonds. The zero-order chi connectivity index (χ0) is 24.1. The average Bonchev–Trinajstić information content (AvgIpc) is 3.66. The first kappa shape index (κ1) is 20.5. The highest BCUT2D eigenvalue weighted by Gasteiger charge is 2.24. The highest BCUT2D eigenvalue weighted by atomic mass is 32.1. The number of nitrogens with zero attached hydrogens (tertiary/aromatic N) is 2. The van der Waals surface area contributed by atoms with Crippen LogP contribution in [-0.2, 0) is 6.61 Å². The van der Waals surface area contributed by atoms with Crippen LogP contribution in [0.25, 0.3) is 63.7 Å². The summed E-state index contributed by atoms with van der Waals surface area (Å²) in [4.78, 5) is 17.9. The number of rotatable bonds is 2. The molecule has 1 aliphatic heterocycles. The zero-order valence-corrected chi connectivity index (χ0v) is 21.7. The summed E-state index contributed by atoms with van der Waals surface area (Å²) in [7, 11) is 0. The Labute approximate surface area is 214 Å². The number of thiophene rings is 2. The van der Waals surface area contributed by atoms with Gasteiger partial charge in [-0.25, -0.2) is 9.97 Å². The smallest absolute Gasteiger partial charge is 0.147 e. The van der Waals surface area contributed by atoms with Crippen LogP contribution in [0.3, 0.4) is 0 Å². The number of nitrogens with one attached hydrogen (secondary N) is 2. The van der Waals surface area contributed by atoms with Crippen LogP contribution < -0.4 is 4.74 Å². The standard InChI is InChI=1S/C29H22N4OS2/c1-13(2)29-32-24-17-6-4-15(10-20(17)28-19(8-9-35-28)25(24)33-29)22-11-16-5-7-18-23-21(30-14(3)31-23)12-34-26(18)27(16)36-22/h4-11,13H,12H2,1-3H3,(H,30,31)(H,32,33). The number of H-pyrrole nitrogens is 2. The maximum absolute atomic E-state index is 6.24. The summed E-state index contributed by atoms with van der Waals surface area (Å²) in [6, 6.07) is 15.7. The maximum atomic E-state index is 6.24. The van der Waals surface area contributed by atoms with Crippen molar-refractivity contribution in [3.63, 3.8) is 0 Å². The van der Waals surface area contributed by atoms with Crippen molar-refractivity contribution in [3.05, 3.63) is 65.2 Å². The van der Waals surface area contributed by atoms with E-state index in [4.69, 9.17) is 14.7 Å². The molecular weight excluding hydrogens is 484 g/mol. The van der Waals surface area contributed by atoms with Gasteiger partial charge in [-0.3, -0.25) is 0 Å². The van der Waals surface area contributed by atoms with Gasteiger partial charge in [0, 0.05) is 37.2 Å². The molecule has 4 aromatic heterocycles. The van der Waals surface area contributed by atoms with Crippen LogP contribution in [0.15, 0.2) is 47.8 Å². The van der Waals surface area contributed by atoms with Gasteiger partial charge in [0.05, 0.1) is 27.1 Å². The Hall–Kier alpha value is -3.68. The van der Waals surface area contributed by atoms with Crippen molar-refractivity contribution in [2.75, 3.05) is 0 Å². The highest BCUT2D eigenvalue weighted by Crippen LogP contribution is 2.47. The van der Waals surface area contributed by atoms with Crippen LogP contribution in [0.1, 0.15) is 37.1 Å². The van der Waals surface area contributed by atoms with Crippen molar-refractivity contribution in [2.24, 2.45) is 0 Å². The van der Waals surface area contributed by atoms with E-state index in [-0.39, 0.29) is 0 Å². The Morgan fingerprint density at radius 3 is 2.75 bits per heavy atom. The van der Waals surface area contributed by atoms with E-state index in [1.165, 1.54) is 41.4 Å². The molecule has 0 bridgehead atoms. The van der Waals surface area contributed by atoms with E-state index in [1.54, 1.807) is 22.7 Å². The van der Waals surface area contributed by atoms with E-state index < -0.39 is 0 Å². The first-order chi connectivity index (χ1) is 17.5. The third kappa shape index (κ3) is 2.75. The summed E-state index contributed by atoms with van der Waals surface area (Å²) in [6.45, 7) is 6.88. The highest BCUT2D eigenvalue weighted by molar-refractivity contribution is 7.22. The lowest BCUT2D eigenvalue weighted by atomic mass is 10.0. The molecule has 5 heterocycles. The quantitative estimate of drug-likeness (QED) is 0.247. The lowest BCUT2D eigenvalue weighted by Gasteiger charge is -2.17. The lowest BCUT2D eigenvalue weighted by molar-refractivity contribution is 0.302. The number of imidazole rings is 2. The molecule has 3 aromatic carbocycles. The molecule has 0 aliphatic carbocycles. The third-order valence-corrected chi connectivity index (χ3v) is 9.31. The van der Waals surface area contributed by atoms with E-state index >= 15 is 0 Å². The van der Waals surface area contributed by atoms with Crippen LogP contribution in [0.5, 0.6) is 5.75 Å². The van der Waals surface area contributed by atoms with Crippen LogP contribution in [0.4, 0.5) is 0 Å². The average molecular weight is 507 g/mol. The normalized spacial score (nSPS) is 13.2. The van der Waals surface area contributed by atoms with Crippen LogP contribution in [0, 0.1) is 6.92 Å². The van der Waals surface area contributed by atoms with Crippen molar-refractivity contribution in [2.45, 2.75) is 33.3 Å². The molecule has 5 nitrogen and oxygen atoms in total. The summed E-state index contributed by atoms with van der Waals surface area (Å²) < 4.78 is 8.72. The first-order valence-corrected chi connectivity index (χ1v) is 13.8. The zero-order valence-electron chi connectivity index (χ0n) is 20.0. The molecule has 7 heteroatoms. The van der Waals surface area contributed by atoms with E-state index in [0.29, 0.717) is 12.5 Å². The Morgan fingerprint density at radius 2 is 1.86 bits per heavy atom. The number of aromatic nitrogens is 4. The van der Waals surface area contributed by atoms with E-state index in [9.17, 15) is 0 Å². The van der Waals surface area contributed by atoms with E-state index in [0.717, 1.165) is 45.4 Å². The first-order valence-electron chi connectivity index (χ1n) is 12.1. The largest absolute Gasteiger partial charge is 0.485 e. The predicted octanol–water partition coefficient (Wildman–Crippen LogP) is 8.53. The number of aromatic amines is 2. The summed E-state index contributed by atoms with van der Waals surface area (Å²) >= 11 is 3.59. The van der Waals surface area contributed by atoms with Gasteiger partial charge in [-0.1, -0.05) is 32.0 Å². The number of fused-ring (bicyclic) bond motifs is 11. The minimum absolute atomic E-state index is 0.355. The number of hydrogen-bond acceptors (Lipinski definition) is 5. The lowest BCUT2D eigenvalue weighted by Crippen LogP contribution is -2.05. The van der Waals surface area contributed by atoms with Gasteiger partial charge in [-0.2, -0.15) is 0 Å². The number of hydrogen-bond donors (Lipinski definition) is 2. The maximum Gasteiger partial charge on any atom is 0.147 e. The van der Waals surface area contributed by atoms with Gasteiger partial charge in [0.15, 0.2) is 0 Å². The molecule has 0 saturated carbocycles.